The summed E-state index contributed by atoms with van der Waals surface area (Å²) in [6, 6.07) is 17.3. The highest BCUT2D eigenvalue weighted by molar-refractivity contribution is 5.88. The van der Waals surface area contributed by atoms with E-state index in [0.717, 1.165) is 5.56 Å². The normalized spacial score (nSPS) is 22.8. The van der Waals surface area contributed by atoms with E-state index in [4.69, 9.17) is 0 Å². The molecular weight excluding hydrogens is 414 g/mol. The molecule has 2 aliphatic heterocycles. The Hall–Kier alpha value is -2.80. The molecule has 0 radical (unpaired) electrons. The smallest absolute Gasteiger partial charge is 0.286 e. The minimum Gasteiger partial charge on any atom is -0.371 e. The molecule has 2 saturated heterocycles. The topological polar surface area (TPSA) is 69.6 Å². The third kappa shape index (κ3) is 3.79. The van der Waals surface area contributed by atoms with Gasteiger partial charge in [0.05, 0.1) is 0 Å². The molecule has 2 amide bonds. The van der Waals surface area contributed by atoms with Crippen LogP contribution in [0.25, 0.3) is 0 Å². The monoisotopic (exact) mass is 442 g/mol. The molecule has 2 N–H and O–H groups in total. The fraction of sp³-hybridized carbons (Fsp3) is 0.440. The number of nitrogens with one attached hydrogen (secondary N) is 1. The van der Waals surface area contributed by atoms with Gasteiger partial charge in [0.15, 0.2) is 0 Å². The number of piperidine rings is 2. The molecule has 0 saturated carbocycles. The number of benzene rings is 2. The zero-order chi connectivity index (χ0) is 23.0. The predicted molar refractivity (Wildman–Crippen MR) is 116 cm³/mol. The van der Waals surface area contributed by atoms with Crippen molar-refractivity contribution in [2.75, 3.05) is 19.6 Å². The third-order valence-corrected chi connectivity index (χ3v) is 7.14. The summed E-state index contributed by atoms with van der Waals surface area (Å²) < 4.78 is 29.2. The van der Waals surface area contributed by atoms with E-state index in [0.29, 0.717) is 32.7 Å². The van der Waals surface area contributed by atoms with Gasteiger partial charge in [-0.1, -0.05) is 60.7 Å². The molecule has 0 aromatic heterocycles. The molecule has 4 rings (SSSR count). The van der Waals surface area contributed by atoms with Crippen LogP contribution in [0.15, 0.2) is 60.7 Å². The van der Waals surface area contributed by atoms with Crippen molar-refractivity contribution in [1.82, 2.24) is 10.2 Å². The van der Waals surface area contributed by atoms with E-state index in [1.807, 2.05) is 30.3 Å². The van der Waals surface area contributed by atoms with Gasteiger partial charge in [-0.3, -0.25) is 9.59 Å². The molecular formula is C25H28F2N2O3. The Bertz CT molecular complexity index is 970. The first-order valence-corrected chi connectivity index (χ1v) is 10.9. The van der Waals surface area contributed by atoms with Crippen LogP contribution in [-0.2, 0) is 15.2 Å². The summed E-state index contributed by atoms with van der Waals surface area (Å²) in [5.74, 6) is -4.61. The van der Waals surface area contributed by atoms with Gasteiger partial charge in [-0.25, -0.2) is 8.78 Å². The van der Waals surface area contributed by atoms with Crippen molar-refractivity contribution < 1.29 is 23.5 Å². The van der Waals surface area contributed by atoms with Crippen molar-refractivity contribution in [1.29, 1.82) is 0 Å². The van der Waals surface area contributed by atoms with Crippen molar-refractivity contribution in [3.63, 3.8) is 0 Å². The zero-order valence-electron chi connectivity index (χ0n) is 18.1. The Labute approximate surface area is 186 Å². The van der Waals surface area contributed by atoms with Crippen molar-refractivity contribution in [2.45, 2.75) is 43.6 Å². The summed E-state index contributed by atoms with van der Waals surface area (Å²) in [7, 11) is 0. The Kier molecular flexibility index (Phi) is 5.79. The van der Waals surface area contributed by atoms with Crippen LogP contribution in [0, 0.1) is 5.41 Å². The fourth-order valence-corrected chi connectivity index (χ4v) is 5.25. The Morgan fingerprint density at radius 2 is 1.62 bits per heavy atom. The van der Waals surface area contributed by atoms with Crippen LogP contribution < -0.4 is 5.32 Å². The largest absolute Gasteiger partial charge is 0.371 e. The van der Waals surface area contributed by atoms with E-state index in [9.17, 15) is 23.5 Å². The van der Waals surface area contributed by atoms with Gasteiger partial charge in [-0.05, 0) is 29.4 Å². The number of alkyl halides is 2. The van der Waals surface area contributed by atoms with Crippen LogP contribution in [0.2, 0.25) is 0 Å². The first kappa shape index (κ1) is 22.4. The number of amides is 2. The number of aliphatic hydroxyl groups is 1. The lowest BCUT2D eigenvalue weighted by Crippen LogP contribution is -2.59. The van der Waals surface area contributed by atoms with Crippen LogP contribution in [0.5, 0.6) is 0 Å². The maximum Gasteiger partial charge on any atom is 0.286 e. The molecule has 170 valence electrons. The summed E-state index contributed by atoms with van der Waals surface area (Å²) in [6.45, 7) is 1.50. The number of nitrogens with zero attached hydrogens (tertiary/aromatic N) is 1. The zero-order valence-corrected chi connectivity index (χ0v) is 18.1. The highest BCUT2D eigenvalue weighted by Crippen LogP contribution is 2.49. The van der Waals surface area contributed by atoms with Crippen LogP contribution in [0.4, 0.5) is 8.78 Å². The molecule has 2 atom stereocenters. The van der Waals surface area contributed by atoms with E-state index in [2.05, 4.69) is 5.32 Å². The molecule has 0 bridgehead atoms. The van der Waals surface area contributed by atoms with E-state index in [1.165, 1.54) is 29.2 Å². The first-order valence-electron chi connectivity index (χ1n) is 10.9. The average molecular weight is 443 g/mol. The molecule has 32 heavy (non-hydrogen) atoms. The maximum absolute atomic E-state index is 14.6. The number of halogens is 2. The van der Waals surface area contributed by atoms with Gasteiger partial charge in [-0.2, -0.15) is 0 Å². The molecule has 7 heteroatoms. The molecule has 2 fully saturated rings. The van der Waals surface area contributed by atoms with Gasteiger partial charge in [0.1, 0.15) is 0 Å². The van der Waals surface area contributed by atoms with Gasteiger partial charge in [0, 0.05) is 38.9 Å². The van der Waals surface area contributed by atoms with E-state index in [-0.39, 0.29) is 35.9 Å². The quantitative estimate of drug-likeness (QED) is 0.762. The molecule has 2 aromatic carbocycles. The number of carbonyl (C=O) groups excluding carboxylic acids is 2. The number of hydrogen-bond acceptors (Lipinski definition) is 3. The van der Waals surface area contributed by atoms with Crippen molar-refractivity contribution in [3.8, 4) is 0 Å². The lowest BCUT2D eigenvalue weighted by Gasteiger charge is -2.50. The van der Waals surface area contributed by atoms with Crippen LogP contribution in [-0.4, -0.2) is 47.4 Å². The average Bonchev–Trinajstić information content (AvgIpc) is 2.79. The number of rotatable bonds is 4. The highest BCUT2D eigenvalue weighted by Gasteiger charge is 2.58. The molecule has 2 heterocycles. The number of likely N-dealkylation sites (tertiary alicyclic amines) is 1. The highest BCUT2D eigenvalue weighted by atomic mass is 19.3. The van der Waals surface area contributed by atoms with Gasteiger partial charge in [0.2, 0.25) is 11.5 Å². The Morgan fingerprint density at radius 3 is 2.19 bits per heavy atom. The Morgan fingerprint density at radius 1 is 1.06 bits per heavy atom. The van der Waals surface area contributed by atoms with E-state index < -0.39 is 17.4 Å². The SMILES string of the molecule is CC(F)(F)C(O)(C(=O)N1CCC2(CC1)CC(=O)NC[C@H]2c1ccccc1)c1ccccc1. The summed E-state index contributed by atoms with van der Waals surface area (Å²) in [6.07, 6.45) is 1.35. The first-order chi connectivity index (χ1) is 15.2. The van der Waals surface area contributed by atoms with Gasteiger partial charge in [0.25, 0.3) is 11.8 Å². The van der Waals surface area contributed by atoms with Crippen molar-refractivity contribution >= 4 is 11.8 Å². The van der Waals surface area contributed by atoms with Gasteiger partial charge in [-0.15, -0.1) is 0 Å². The van der Waals surface area contributed by atoms with Crippen LogP contribution in [0.1, 0.15) is 43.2 Å². The minimum atomic E-state index is -3.67. The summed E-state index contributed by atoms with van der Waals surface area (Å²) in [5.41, 5.74) is -2.30. The van der Waals surface area contributed by atoms with Crippen molar-refractivity contribution in [2.24, 2.45) is 5.41 Å². The van der Waals surface area contributed by atoms with Gasteiger partial charge < -0.3 is 15.3 Å². The molecule has 1 unspecified atom stereocenters. The standard InChI is InChI=1S/C25H28F2N2O3/c1-23(26,27)25(32,19-10-6-3-7-11-19)22(31)29-14-12-24(13-15-29)16-21(30)28-17-20(24)18-8-4-2-5-9-18/h2-11,20,32H,12-17H2,1H3,(H,28,30)/t20-,25?/m0/s1. The second-order valence-electron chi connectivity index (χ2n) is 9.06. The Balaban J connectivity index is 1.59. The molecule has 5 nitrogen and oxygen atoms in total. The third-order valence-electron chi connectivity index (χ3n) is 7.14. The summed E-state index contributed by atoms with van der Waals surface area (Å²) in [5, 5.41) is 14.0. The minimum absolute atomic E-state index is 0.0298. The molecule has 0 aliphatic carbocycles. The lowest BCUT2D eigenvalue weighted by atomic mass is 9.62. The van der Waals surface area contributed by atoms with E-state index >= 15 is 0 Å². The van der Waals surface area contributed by atoms with Crippen LogP contribution >= 0.6 is 0 Å². The number of hydrogen-bond donors (Lipinski definition) is 2. The molecule has 2 aromatic rings. The maximum atomic E-state index is 14.6. The summed E-state index contributed by atoms with van der Waals surface area (Å²) in [4.78, 5) is 26.9. The predicted octanol–water partition coefficient (Wildman–Crippen LogP) is 3.44. The second kappa shape index (κ2) is 8.28. The van der Waals surface area contributed by atoms with Crippen LogP contribution in [0.3, 0.4) is 0 Å². The van der Waals surface area contributed by atoms with Crippen molar-refractivity contribution in [3.05, 3.63) is 71.8 Å². The molecule has 1 spiro atoms. The number of carbonyl (C=O) groups is 2. The molecule has 2 aliphatic rings. The summed E-state index contributed by atoms with van der Waals surface area (Å²) >= 11 is 0. The van der Waals surface area contributed by atoms with E-state index in [1.54, 1.807) is 6.07 Å². The lowest BCUT2D eigenvalue weighted by molar-refractivity contribution is -0.200. The second-order valence-corrected chi connectivity index (χ2v) is 9.06. The fourth-order valence-electron chi connectivity index (χ4n) is 5.25. The van der Waals surface area contributed by atoms with Gasteiger partial charge >= 0.3 is 0 Å².